The number of benzene rings is 1. The number of Topliss-reactive ketones (excluding diaryl/α,β-unsaturated/α-hetero) is 1. The first-order chi connectivity index (χ1) is 7.44. The Kier molecular flexibility index (Phi) is 4.19. The van der Waals surface area contributed by atoms with Crippen LogP contribution in [0.3, 0.4) is 0 Å². The highest BCUT2D eigenvalue weighted by atomic mass is 35.5. The number of ketones is 1. The van der Waals surface area contributed by atoms with Gasteiger partial charge in [-0.1, -0.05) is 17.7 Å². The first-order valence-corrected chi connectivity index (χ1v) is 5.10. The molecule has 86 valence electrons. The largest absolute Gasteiger partial charge is 0.294 e. The highest BCUT2D eigenvalue weighted by Crippen LogP contribution is 2.25. The quantitative estimate of drug-likeness (QED) is 0.562. The second-order valence-electron chi connectivity index (χ2n) is 3.46. The fourth-order valence-electron chi connectivity index (χ4n) is 1.26. The van der Waals surface area contributed by atoms with E-state index in [0.29, 0.717) is 5.02 Å². The second kappa shape index (κ2) is 5.21. The van der Waals surface area contributed by atoms with E-state index in [4.69, 9.17) is 11.6 Å². The standard InChI is InChI=1S/C12H11ClF2O/c1-2-7-12(14,15)8-11(16)9-3-5-10(13)6-4-9/h2-6H,1,7-8H2. The number of carbonyl (C=O) groups excluding carboxylic acids is 1. The molecule has 0 spiro atoms. The maximum absolute atomic E-state index is 13.1. The molecule has 0 aliphatic carbocycles. The zero-order valence-electron chi connectivity index (χ0n) is 8.55. The molecule has 1 rings (SSSR count). The van der Waals surface area contributed by atoms with Crippen LogP contribution in [0.5, 0.6) is 0 Å². The van der Waals surface area contributed by atoms with E-state index in [0.717, 1.165) is 6.08 Å². The average Bonchev–Trinajstić information content (AvgIpc) is 2.17. The lowest BCUT2D eigenvalue weighted by Gasteiger charge is -2.12. The molecule has 1 aromatic rings. The van der Waals surface area contributed by atoms with Gasteiger partial charge in [0, 0.05) is 17.0 Å². The van der Waals surface area contributed by atoms with Crippen molar-refractivity contribution in [1.29, 1.82) is 0 Å². The summed E-state index contributed by atoms with van der Waals surface area (Å²) in [6.07, 6.45) is -0.192. The van der Waals surface area contributed by atoms with Crippen molar-refractivity contribution in [2.75, 3.05) is 0 Å². The van der Waals surface area contributed by atoms with Gasteiger partial charge >= 0.3 is 0 Å². The molecule has 0 fully saturated rings. The van der Waals surface area contributed by atoms with Gasteiger partial charge in [0.15, 0.2) is 5.78 Å². The summed E-state index contributed by atoms with van der Waals surface area (Å²) in [6.45, 7) is 3.23. The van der Waals surface area contributed by atoms with Crippen molar-refractivity contribution in [2.24, 2.45) is 0 Å². The van der Waals surface area contributed by atoms with E-state index in [-0.39, 0.29) is 5.56 Å². The second-order valence-corrected chi connectivity index (χ2v) is 3.89. The van der Waals surface area contributed by atoms with E-state index in [9.17, 15) is 13.6 Å². The van der Waals surface area contributed by atoms with Crippen LogP contribution in [-0.2, 0) is 0 Å². The number of hydrogen-bond acceptors (Lipinski definition) is 1. The number of halogens is 3. The SMILES string of the molecule is C=CCC(F)(F)CC(=O)c1ccc(Cl)cc1. The van der Waals surface area contributed by atoms with Crippen molar-refractivity contribution in [2.45, 2.75) is 18.8 Å². The van der Waals surface area contributed by atoms with Crippen molar-refractivity contribution < 1.29 is 13.6 Å². The van der Waals surface area contributed by atoms with E-state index in [2.05, 4.69) is 6.58 Å². The van der Waals surface area contributed by atoms with Crippen LogP contribution in [0, 0.1) is 0 Å². The number of carbonyl (C=O) groups is 1. The summed E-state index contributed by atoms with van der Waals surface area (Å²) in [4.78, 5) is 11.5. The molecular weight excluding hydrogens is 234 g/mol. The molecular formula is C12H11ClF2O. The molecule has 0 atom stereocenters. The number of hydrogen-bond donors (Lipinski definition) is 0. The van der Waals surface area contributed by atoms with E-state index in [1.807, 2.05) is 0 Å². The predicted octanol–water partition coefficient (Wildman–Crippen LogP) is 4.12. The molecule has 0 aliphatic rings. The van der Waals surface area contributed by atoms with Crippen LogP contribution in [0.25, 0.3) is 0 Å². The third-order valence-corrected chi connectivity index (χ3v) is 2.28. The van der Waals surface area contributed by atoms with Crippen LogP contribution in [0.2, 0.25) is 5.02 Å². The van der Waals surface area contributed by atoms with Gasteiger partial charge in [0.05, 0.1) is 6.42 Å². The highest BCUT2D eigenvalue weighted by molar-refractivity contribution is 6.30. The first kappa shape index (κ1) is 12.8. The lowest BCUT2D eigenvalue weighted by Crippen LogP contribution is -2.20. The summed E-state index contributed by atoms with van der Waals surface area (Å²) < 4.78 is 26.2. The van der Waals surface area contributed by atoms with Gasteiger partial charge in [0.25, 0.3) is 5.92 Å². The van der Waals surface area contributed by atoms with Crippen molar-refractivity contribution in [3.05, 3.63) is 47.5 Å². The highest BCUT2D eigenvalue weighted by Gasteiger charge is 2.30. The van der Waals surface area contributed by atoms with Gasteiger partial charge in [-0.3, -0.25) is 4.79 Å². The molecule has 0 radical (unpaired) electrons. The molecule has 0 unspecified atom stereocenters. The Morgan fingerprint density at radius 2 is 1.94 bits per heavy atom. The van der Waals surface area contributed by atoms with Crippen molar-refractivity contribution in [3.8, 4) is 0 Å². The average molecular weight is 245 g/mol. The molecule has 0 heterocycles. The van der Waals surface area contributed by atoms with Crippen LogP contribution in [0.1, 0.15) is 23.2 Å². The Bertz CT molecular complexity index is 385. The summed E-state index contributed by atoms with van der Waals surface area (Å²) in [5.41, 5.74) is 0.244. The Balaban J connectivity index is 2.72. The Labute approximate surface area is 97.7 Å². The maximum atomic E-state index is 13.1. The maximum Gasteiger partial charge on any atom is 0.258 e. The Morgan fingerprint density at radius 3 is 2.44 bits per heavy atom. The summed E-state index contributed by atoms with van der Waals surface area (Å²) in [7, 11) is 0. The molecule has 16 heavy (non-hydrogen) atoms. The van der Waals surface area contributed by atoms with E-state index in [1.165, 1.54) is 24.3 Å². The normalized spacial score (nSPS) is 11.2. The van der Waals surface area contributed by atoms with Gasteiger partial charge in [-0.15, -0.1) is 6.58 Å². The third-order valence-electron chi connectivity index (χ3n) is 2.03. The van der Waals surface area contributed by atoms with Crippen molar-refractivity contribution in [1.82, 2.24) is 0 Å². The fourth-order valence-corrected chi connectivity index (χ4v) is 1.38. The molecule has 1 nitrogen and oxygen atoms in total. The molecule has 0 amide bonds. The van der Waals surface area contributed by atoms with Crippen LogP contribution in [0.15, 0.2) is 36.9 Å². The molecule has 4 heteroatoms. The summed E-state index contributed by atoms with van der Waals surface area (Å²) in [5.74, 6) is -3.62. The van der Waals surface area contributed by atoms with Gasteiger partial charge < -0.3 is 0 Å². The fraction of sp³-hybridized carbons (Fsp3) is 0.250. The molecule has 0 aromatic heterocycles. The van der Waals surface area contributed by atoms with Crippen molar-refractivity contribution in [3.63, 3.8) is 0 Å². The lowest BCUT2D eigenvalue weighted by atomic mass is 10.0. The van der Waals surface area contributed by atoms with Gasteiger partial charge in [-0.25, -0.2) is 8.78 Å². The first-order valence-electron chi connectivity index (χ1n) is 4.72. The van der Waals surface area contributed by atoms with Crippen molar-refractivity contribution >= 4 is 17.4 Å². The van der Waals surface area contributed by atoms with Gasteiger partial charge in [-0.2, -0.15) is 0 Å². The topological polar surface area (TPSA) is 17.1 Å². The minimum atomic E-state index is -3.03. The zero-order chi connectivity index (χ0) is 12.2. The Hall–Kier alpha value is -1.22. The van der Waals surface area contributed by atoms with Gasteiger partial charge in [0.1, 0.15) is 0 Å². The molecule has 0 N–H and O–H groups in total. The van der Waals surface area contributed by atoms with E-state index in [1.54, 1.807) is 0 Å². The summed E-state index contributed by atoms with van der Waals surface area (Å²) >= 11 is 5.63. The molecule has 0 aliphatic heterocycles. The third kappa shape index (κ3) is 3.74. The smallest absolute Gasteiger partial charge is 0.258 e. The molecule has 0 bridgehead atoms. The number of allylic oxidation sites excluding steroid dienone is 1. The number of rotatable bonds is 5. The lowest BCUT2D eigenvalue weighted by molar-refractivity contribution is 0.000370. The predicted molar refractivity (Wildman–Crippen MR) is 60.2 cm³/mol. The van der Waals surface area contributed by atoms with Crippen LogP contribution in [0.4, 0.5) is 8.78 Å². The van der Waals surface area contributed by atoms with Crippen LogP contribution < -0.4 is 0 Å². The van der Waals surface area contributed by atoms with Crippen LogP contribution in [-0.4, -0.2) is 11.7 Å². The monoisotopic (exact) mass is 244 g/mol. The molecule has 1 aromatic carbocycles. The molecule has 0 saturated heterocycles. The minimum absolute atomic E-state index is 0.244. The molecule has 0 saturated carbocycles. The number of alkyl halides is 2. The van der Waals surface area contributed by atoms with Gasteiger partial charge in [-0.05, 0) is 24.3 Å². The van der Waals surface area contributed by atoms with E-state index < -0.39 is 24.5 Å². The summed E-state index contributed by atoms with van der Waals surface area (Å²) in [5, 5.41) is 0.467. The van der Waals surface area contributed by atoms with E-state index >= 15 is 0 Å². The summed E-state index contributed by atoms with van der Waals surface area (Å²) in [6, 6.07) is 5.88. The Morgan fingerprint density at radius 1 is 1.38 bits per heavy atom. The van der Waals surface area contributed by atoms with Gasteiger partial charge in [0.2, 0.25) is 0 Å². The minimum Gasteiger partial charge on any atom is -0.294 e. The zero-order valence-corrected chi connectivity index (χ0v) is 9.31. The van der Waals surface area contributed by atoms with Crippen LogP contribution >= 0.6 is 11.6 Å².